The number of benzene rings is 2. The third kappa shape index (κ3) is 5.13. The Kier molecular flexibility index (Phi) is 5.99. The lowest BCUT2D eigenvalue weighted by atomic mass is 9.70. The Labute approximate surface area is 195 Å². The summed E-state index contributed by atoms with van der Waals surface area (Å²) in [6.07, 6.45) is -1.77. The number of carboxylic acids is 1. The standard InChI is InChI=1S/C25H28F3N3O3/c1-14-9-17(13-24(3,4)12-14)31-21-10-15(2)19(22(32)33)11-20(21)30-23(31)29-16-5-7-18(8-6-16)34-25(26,27)28/h5-8,10-11,14,17H,9,12-13H2,1-4H3,(H,29,30)(H,32,33)/t14-,17+/m0/s1. The van der Waals surface area contributed by atoms with Gasteiger partial charge >= 0.3 is 12.3 Å². The van der Waals surface area contributed by atoms with Crippen LogP contribution in [0, 0.1) is 18.3 Å². The third-order valence-electron chi connectivity index (χ3n) is 6.34. The molecule has 1 aromatic heterocycles. The van der Waals surface area contributed by atoms with E-state index < -0.39 is 12.3 Å². The molecule has 9 heteroatoms. The SMILES string of the molecule is Cc1cc2c(cc1C(=O)O)nc(Nc1ccc(OC(F)(F)F)cc1)n2[C@@H]1C[C@H](C)CC(C)(C)C1. The lowest BCUT2D eigenvalue weighted by Gasteiger charge is -2.40. The molecule has 0 aliphatic heterocycles. The van der Waals surface area contributed by atoms with Crippen molar-refractivity contribution in [1.82, 2.24) is 9.55 Å². The van der Waals surface area contributed by atoms with Gasteiger partial charge in [0.15, 0.2) is 0 Å². The molecule has 34 heavy (non-hydrogen) atoms. The van der Waals surface area contributed by atoms with Gasteiger partial charge < -0.3 is 19.7 Å². The molecule has 2 aromatic carbocycles. The van der Waals surface area contributed by atoms with E-state index >= 15 is 0 Å². The minimum atomic E-state index is -4.76. The van der Waals surface area contributed by atoms with Crippen molar-refractivity contribution in [3.63, 3.8) is 0 Å². The molecule has 0 saturated heterocycles. The maximum atomic E-state index is 12.5. The first-order valence-corrected chi connectivity index (χ1v) is 11.2. The summed E-state index contributed by atoms with van der Waals surface area (Å²) < 4.78 is 43.5. The number of nitrogens with zero attached hydrogens (tertiary/aromatic N) is 2. The van der Waals surface area contributed by atoms with Crippen molar-refractivity contribution in [3.05, 3.63) is 47.5 Å². The van der Waals surface area contributed by atoms with E-state index in [1.165, 1.54) is 24.3 Å². The van der Waals surface area contributed by atoms with Crippen molar-refractivity contribution in [1.29, 1.82) is 0 Å². The molecule has 1 fully saturated rings. The number of anilines is 2. The third-order valence-corrected chi connectivity index (χ3v) is 6.34. The van der Waals surface area contributed by atoms with Crippen molar-refractivity contribution in [2.75, 3.05) is 5.32 Å². The molecule has 0 bridgehead atoms. The van der Waals surface area contributed by atoms with Gasteiger partial charge in [-0.2, -0.15) is 0 Å². The number of alkyl halides is 3. The smallest absolute Gasteiger partial charge is 0.478 e. The molecule has 0 unspecified atom stereocenters. The van der Waals surface area contributed by atoms with Crippen LogP contribution in [0.1, 0.15) is 62.0 Å². The summed E-state index contributed by atoms with van der Waals surface area (Å²) in [6, 6.07) is 9.02. The summed E-state index contributed by atoms with van der Waals surface area (Å²) in [4.78, 5) is 16.4. The zero-order chi connectivity index (χ0) is 24.8. The minimum Gasteiger partial charge on any atom is -0.478 e. The van der Waals surface area contributed by atoms with Crippen LogP contribution in [0.15, 0.2) is 36.4 Å². The molecule has 1 aliphatic rings. The molecular formula is C25H28F3N3O3. The van der Waals surface area contributed by atoms with Crippen LogP contribution in [0.2, 0.25) is 0 Å². The number of hydrogen-bond acceptors (Lipinski definition) is 4. The van der Waals surface area contributed by atoms with E-state index in [1.54, 1.807) is 13.0 Å². The van der Waals surface area contributed by atoms with Crippen molar-refractivity contribution >= 4 is 28.6 Å². The van der Waals surface area contributed by atoms with Gasteiger partial charge in [-0.25, -0.2) is 9.78 Å². The normalized spacial score (nSPS) is 20.3. The predicted molar refractivity (Wildman–Crippen MR) is 124 cm³/mol. The number of carboxylic acid groups (broad SMARTS) is 1. The Morgan fingerprint density at radius 3 is 2.47 bits per heavy atom. The first-order chi connectivity index (χ1) is 15.8. The molecule has 6 nitrogen and oxygen atoms in total. The van der Waals surface area contributed by atoms with Gasteiger partial charge in [-0.3, -0.25) is 0 Å². The number of aryl methyl sites for hydroxylation is 1. The lowest BCUT2D eigenvalue weighted by molar-refractivity contribution is -0.274. The summed E-state index contributed by atoms with van der Waals surface area (Å²) in [5, 5.41) is 12.8. The van der Waals surface area contributed by atoms with Crippen LogP contribution in [-0.2, 0) is 0 Å². The molecule has 1 saturated carbocycles. The minimum absolute atomic E-state index is 0.128. The largest absolute Gasteiger partial charge is 0.573 e. The Morgan fingerprint density at radius 2 is 1.88 bits per heavy atom. The number of rotatable bonds is 5. The van der Waals surface area contributed by atoms with Crippen LogP contribution in [0.5, 0.6) is 5.75 Å². The maximum absolute atomic E-state index is 12.5. The van der Waals surface area contributed by atoms with E-state index in [0.717, 1.165) is 24.8 Å². The first-order valence-electron chi connectivity index (χ1n) is 11.2. The summed E-state index contributed by atoms with van der Waals surface area (Å²) >= 11 is 0. The maximum Gasteiger partial charge on any atom is 0.573 e. The predicted octanol–water partition coefficient (Wildman–Crippen LogP) is 7.07. The highest BCUT2D eigenvalue weighted by Gasteiger charge is 2.35. The number of carbonyl (C=O) groups is 1. The van der Waals surface area contributed by atoms with Gasteiger partial charge in [-0.05, 0) is 79.5 Å². The molecule has 4 rings (SSSR count). The van der Waals surface area contributed by atoms with Gasteiger partial charge in [0.25, 0.3) is 0 Å². The Bertz CT molecular complexity index is 1220. The molecule has 3 aromatic rings. The van der Waals surface area contributed by atoms with Crippen LogP contribution in [-0.4, -0.2) is 27.0 Å². The number of ether oxygens (including phenoxy) is 1. The van der Waals surface area contributed by atoms with Crippen LogP contribution in [0.25, 0.3) is 11.0 Å². The summed E-state index contributed by atoms with van der Waals surface area (Å²) in [5.74, 6) is -0.305. The Morgan fingerprint density at radius 1 is 1.21 bits per heavy atom. The van der Waals surface area contributed by atoms with E-state index in [9.17, 15) is 23.1 Å². The second-order valence-corrected chi connectivity index (χ2v) is 10.0. The summed E-state index contributed by atoms with van der Waals surface area (Å²) in [6.45, 7) is 8.48. The average Bonchev–Trinajstić information content (AvgIpc) is 3.02. The van der Waals surface area contributed by atoms with E-state index in [4.69, 9.17) is 4.98 Å². The van der Waals surface area contributed by atoms with Crippen molar-refractivity contribution < 1.29 is 27.8 Å². The fraction of sp³-hybridized carbons (Fsp3) is 0.440. The van der Waals surface area contributed by atoms with Gasteiger partial charge in [-0.1, -0.05) is 20.8 Å². The highest BCUT2D eigenvalue weighted by Crippen LogP contribution is 2.46. The number of hydrogen-bond donors (Lipinski definition) is 2. The van der Waals surface area contributed by atoms with Crippen LogP contribution >= 0.6 is 0 Å². The highest BCUT2D eigenvalue weighted by molar-refractivity contribution is 5.95. The summed E-state index contributed by atoms with van der Waals surface area (Å²) in [7, 11) is 0. The molecule has 2 atom stereocenters. The molecule has 0 spiro atoms. The van der Waals surface area contributed by atoms with Gasteiger partial charge in [0.2, 0.25) is 5.95 Å². The first kappa shape index (κ1) is 23.9. The fourth-order valence-electron chi connectivity index (χ4n) is 5.30. The van der Waals surface area contributed by atoms with Crippen molar-refractivity contribution in [2.45, 2.75) is 59.4 Å². The van der Waals surface area contributed by atoms with Crippen molar-refractivity contribution in [2.24, 2.45) is 11.3 Å². The van der Waals surface area contributed by atoms with E-state index in [1.807, 2.05) is 6.07 Å². The topological polar surface area (TPSA) is 76.4 Å². The quantitative estimate of drug-likeness (QED) is 0.413. The Balaban J connectivity index is 1.77. The molecular weight excluding hydrogens is 447 g/mol. The van der Waals surface area contributed by atoms with E-state index in [0.29, 0.717) is 28.6 Å². The number of fused-ring (bicyclic) bond motifs is 1. The Hall–Kier alpha value is -3.23. The molecule has 1 heterocycles. The second-order valence-electron chi connectivity index (χ2n) is 10.0. The molecule has 2 N–H and O–H groups in total. The second kappa shape index (κ2) is 8.52. The zero-order valence-electron chi connectivity index (χ0n) is 19.5. The fourth-order valence-corrected chi connectivity index (χ4v) is 5.30. The monoisotopic (exact) mass is 475 g/mol. The van der Waals surface area contributed by atoms with Gasteiger partial charge in [0, 0.05) is 11.7 Å². The zero-order valence-corrected chi connectivity index (χ0v) is 19.5. The molecule has 0 radical (unpaired) electrons. The number of imidazole rings is 1. The lowest BCUT2D eigenvalue weighted by Crippen LogP contribution is -2.29. The molecule has 0 amide bonds. The highest BCUT2D eigenvalue weighted by atomic mass is 19.4. The average molecular weight is 476 g/mol. The summed E-state index contributed by atoms with van der Waals surface area (Å²) in [5.41, 5.74) is 2.89. The number of aromatic carboxylic acids is 1. The van der Waals surface area contributed by atoms with Crippen LogP contribution in [0.3, 0.4) is 0 Å². The van der Waals surface area contributed by atoms with E-state index in [2.05, 4.69) is 35.4 Å². The van der Waals surface area contributed by atoms with Gasteiger partial charge in [0.1, 0.15) is 5.75 Å². The van der Waals surface area contributed by atoms with Gasteiger partial charge in [-0.15, -0.1) is 13.2 Å². The van der Waals surface area contributed by atoms with Crippen molar-refractivity contribution in [3.8, 4) is 5.75 Å². The number of aromatic nitrogens is 2. The molecule has 1 aliphatic carbocycles. The van der Waals surface area contributed by atoms with Gasteiger partial charge in [0.05, 0.1) is 16.6 Å². The van der Waals surface area contributed by atoms with E-state index in [-0.39, 0.29) is 22.8 Å². The number of nitrogens with one attached hydrogen (secondary N) is 1. The van der Waals surface area contributed by atoms with Crippen LogP contribution < -0.4 is 10.1 Å². The molecule has 182 valence electrons. The van der Waals surface area contributed by atoms with Crippen LogP contribution in [0.4, 0.5) is 24.8 Å². The number of halogens is 3.